The Morgan fingerprint density at radius 3 is 2.91 bits per heavy atom. The van der Waals surface area contributed by atoms with Crippen molar-refractivity contribution in [2.75, 3.05) is 0 Å². The Kier molecular flexibility index (Phi) is 4.05. The van der Waals surface area contributed by atoms with E-state index >= 15 is 0 Å². The zero-order valence-electron chi connectivity index (χ0n) is 14.1. The average molecular weight is 300 g/mol. The number of carbonyl (C=O) groups excluding carboxylic acids is 1. The molecule has 1 fully saturated rings. The summed E-state index contributed by atoms with van der Waals surface area (Å²) in [6, 6.07) is 2.07. The van der Waals surface area contributed by atoms with Crippen LogP contribution in [-0.4, -0.2) is 6.29 Å². The predicted octanol–water partition coefficient (Wildman–Crippen LogP) is 5.19. The van der Waals surface area contributed by atoms with Crippen LogP contribution >= 0.6 is 0 Å². The summed E-state index contributed by atoms with van der Waals surface area (Å²) in [6.07, 6.45) is 13.9. The van der Waals surface area contributed by atoms with E-state index in [9.17, 15) is 4.79 Å². The Morgan fingerprint density at radius 1 is 1.41 bits per heavy atom. The van der Waals surface area contributed by atoms with Crippen LogP contribution < -0.4 is 0 Å². The molecule has 2 aliphatic rings. The van der Waals surface area contributed by atoms with Gasteiger partial charge in [-0.25, -0.2) is 0 Å². The summed E-state index contributed by atoms with van der Waals surface area (Å²) in [6.45, 7) is 6.99. The molecule has 0 aromatic carbocycles. The van der Waals surface area contributed by atoms with Gasteiger partial charge in [0.15, 0.2) is 0 Å². The van der Waals surface area contributed by atoms with Crippen LogP contribution in [0.3, 0.4) is 0 Å². The minimum Gasteiger partial charge on any atom is -0.472 e. The summed E-state index contributed by atoms with van der Waals surface area (Å²) in [7, 11) is 0. The van der Waals surface area contributed by atoms with E-state index in [0.29, 0.717) is 11.8 Å². The zero-order valence-corrected chi connectivity index (χ0v) is 14.1. The molecule has 1 heterocycles. The molecule has 22 heavy (non-hydrogen) atoms. The van der Waals surface area contributed by atoms with Gasteiger partial charge < -0.3 is 9.21 Å². The van der Waals surface area contributed by atoms with Gasteiger partial charge in [-0.15, -0.1) is 0 Å². The number of hydrogen-bond acceptors (Lipinski definition) is 2. The maximum Gasteiger partial charge on any atom is 0.130 e. The van der Waals surface area contributed by atoms with Crippen LogP contribution in [0, 0.1) is 22.7 Å². The minimum atomic E-state index is -0.199. The molecule has 0 N–H and O–H groups in total. The monoisotopic (exact) mass is 300 g/mol. The molecule has 2 heteroatoms. The van der Waals surface area contributed by atoms with E-state index in [1.165, 1.54) is 17.4 Å². The molecule has 2 aliphatic carbocycles. The van der Waals surface area contributed by atoms with Crippen LogP contribution in [0.25, 0.3) is 0 Å². The Bertz CT molecular complexity index is 556. The fraction of sp³-hybridized carbons (Fsp3) is 0.650. The molecule has 4 atom stereocenters. The molecule has 0 aliphatic heterocycles. The van der Waals surface area contributed by atoms with Crippen LogP contribution in [0.4, 0.5) is 0 Å². The molecule has 0 bridgehead atoms. The maximum absolute atomic E-state index is 12.1. The first-order valence-electron chi connectivity index (χ1n) is 8.67. The van der Waals surface area contributed by atoms with Gasteiger partial charge in [-0.05, 0) is 74.3 Å². The number of allylic oxidation sites excluding steroid dienone is 2. The largest absolute Gasteiger partial charge is 0.472 e. The molecule has 0 unspecified atom stereocenters. The molecular formula is C20H28O2. The van der Waals surface area contributed by atoms with Gasteiger partial charge in [0.1, 0.15) is 6.29 Å². The summed E-state index contributed by atoms with van der Waals surface area (Å²) < 4.78 is 5.21. The lowest BCUT2D eigenvalue weighted by Gasteiger charge is -2.57. The lowest BCUT2D eigenvalue weighted by Crippen LogP contribution is -2.52. The molecular weight excluding hydrogens is 272 g/mol. The maximum atomic E-state index is 12.1. The Morgan fingerprint density at radius 2 is 2.23 bits per heavy atom. The fourth-order valence-corrected chi connectivity index (χ4v) is 5.11. The third-order valence-electron chi connectivity index (χ3n) is 6.92. The van der Waals surface area contributed by atoms with Gasteiger partial charge in [0.05, 0.1) is 12.5 Å². The zero-order chi connectivity index (χ0) is 15.8. The first-order valence-corrected chi connectivity index (χ1v) is 8.67. The van der Waals surface area contributed by atoms with E-state index in [1.807, 2.05) is 6.26 Å². The van der Waals surface area contributed by atoms with E-state index in [2.05, 4.69) is 32.9 Å². The van der Waals surface area contributed by atoms with Crippen molar-refractivity contribution in [1.82, 2.24) is 0 Å². The number of aryl methyl sites for hydroxylation is 1. The van der Waals surface area contributed by atoms with Crippen molar-refractivity contribution in [3.8, 4) is 0 Å². The molecule has 0 saturated heterocycles. The van der Waals surface area contributed by atoms with Gasteiger partial charge >= 0.3 is 0 Å². The van der Waals surface area contributed by atoms with Crippen LogP contribution in [0.2, 0.25) is 0 Å². The number of carbonyl (C=O) groups is 1. The summed E-state index contributed by atoms with van der Waals surface area (Å²) in [5.41, 5.74) is 2.63. The lowest BCUT2D eigenvalue weighted by atomic mass is 9.46. The normalized spacial score (nSPS) is 38.2. The smallest absolute Gasteiger partial charge is 0.130 e. The second-order valence-electron chi connectivity index (χ2n) is 7.75. The van der Waals surface area contributed by atoms with Gasteiger partial charge in [0.25, 0.3) is 0 Å². The minimum absolute atomic E-state index is 0.199. The third-order valence-corrected chi connectivity index (χ3v) is 6.92. The molecule has 0 radical (unpaired) electrons. The standard InChI is InChI=1S/C20H28O2/c1-15-7-11-20(14-21)16(2)5-4-6-18(20)19(15,3)10-8-17-9-12-22-13-17/h5,9,12-15,18H,4,6-8,10-11H2,1-3H3/t15-,18-,19+,20-/m0/s1. The number of fused-ring (bicyclic) bond motifs is 1. The topological polar surface area (TPSA) is 30.2 Å². The van der Waals surface area contributed by atoms with E-state index < -0.39 is 0 Å². The Labute approximate surface area is 134 Å². The SMILES string of the molecule is CC1=CCC[C@H]2[C@](C)(CCc3ccoc3)[C@@H](C)CC[C@]12C=O. The van der Waals surface area contributed by atoms with Crippen molar-refractivity contribution in [2.45, 2.75) is 59.3 Å². The van der Waals surface area contributed by atoms with Gasteiger partial charge in [-0.3, -0.25) is 0 Å². The summed E-state index contributed by atoms with van der Waals surface area (Å²) in [4.78, 5) is 12.1. The lowest BCUT2D eigenvalue weighted by molar-refractivity contribution is -0.128. The third kappa shape index (κ3) is 2.28. The van der Waals surface area contributed by atoms with Crippen LogP contribution in [-0.2, 0) is 11.2 Å². The Balaban J connectivity index is 1.90. The van der Waals surface area contributed by atoms with Crippen LogP contribution in [0.15, 0.2) is 34.7 Å². The van der Waals surface area contributed by atoms with Crippen molar-refractivity contribution >= 4 is 6.29 Å². The van der Waals surface area contributed by atoms with Crippen molar-refractivity contribution < 1.29 is 9.21 Å². The second kappa shape index (κ2) is 5.72. The van der Waals surface area contributed by atoms with Crippen LogP contribution in [0.1, 0.15) is 58.4 Å². The number of hydrogen-bond donors (Lipinski definition) is 0. The van der Waals surface area contributed by atoms with Crippen molar-refractivity contribution in [3.05, 3.63) is 35.8 Å². The molecule has 1 aromatic heterocycles. The fourth-order valence-electron chi connectivity index (χ4n) is 5.11. The quantitative estimate of drug-likeness (QED) is 0.566. The van der Waals surface area contributed by atoms with Gasteiger partial charge in [-0.1, -0.05) is 25.5 Å². The van der Waals surface area contributed by atoms with Gasteiger partial charge in [0, 0.05) is 5.41 Å². The molecule has 3 rings (SSSR count). The highest BCUT2D eigenvalue weighted by molar-refractivity contribution is 5.67. The first-order chi connectivity index (χ1) is 10.5. The second-order valence-corrected chi connectivity index (χ2v) is 7.75. The van der Waals surface area contributed by atoms with Crippen LogP contribution in [0.5, 0.6) is 0 Å². The molecule has 1 saturated carbocycles. The Hall–Kier alpha value is -1.31. The highest BCUT2D eigenvalue weighted by Crippen LogP contribution is 2.61. The first kappa shape index (κ1) is 15.6. The van der Waals surface area contributed by atoms with E-state index in [4.69, 9.17) is 4.42 Å². The molecule has 2 nitrogen and oxygen atoms in total. The molecule has 0 spiro atoms. The number of rotatable bonds is 4. The average Bonchev–Trinajstić information content (AvgIpc) is 3.04. The van der Waals surface area contributed by atoms with E-state index in [1.54, 1.807) is 6.26 Å². The highest BCUT2D eigenvalue weighted by Gasteiger charge is 2.55. The van der Waals surface area contributed by atoms with E-state index in [0.717, 1.165) is 38.5 Å². The van der Waals surface area contributed by atoms with Gasteiger partial charge in [0.2, 0.25) is 0 Å². The number of furan rings is 1. The predicted molar refractivity (Wildman–Crippen MR) is 88.5 cm³/mol. The molecule has 0 amide bonds. The molecule has 120 valence electrons. The highest BCUT2D eigenvalue weighted by atomic mass is 16.3. The van der Waals surface area contributed by atoms with Crippen molar-refractivity contribution in [2.24, 2.45) is 22.7 Å². The van der Waals surface area contributed by atoms with Crippen molar-refractivity contribution in [3.63, 3.8) is 0 Å². The number of aldehydes is 1. The van der Waals surface area contributed by atoms with Crippen molar-refractivity contribution in [1.29, 1.82) is 0 Å². The van der Waals surface area contributed by atoms with Gasteiger partial charge in [-0.2, -0.15) is 0 Å². The summed E-state index contributed by atoms with van der Waals surface area (Å²) in [5, 5.41) is 0. The van der Waals surface area contributed by atoms with E-state index in [-0.39, 0.29) is 10.8 Å². The molecule has 1 aromatic rings. The summed E-state index contributed by atoms with van der Waals surface area (Å²) in [5.74, 6) is 1.15. The summed E-state index contributed by atoms with van der Waals surface area (Å²) >= 11 is 0.